The van der Waals surface area contributed by atoms with Gasteiger partial charge in [0.15, 0.2) is 0 Å². The normalized spacial score (nSPS) is 12.1. The fourth-order valence-electron chi connectivity index (χ4n) is 1.56. The number of hydrogen-bond acceptors (Lipinski definition) is 4. The molecule has 1 atom stereocenters. The quantitative estimate of drug-likeness (QED) is 0.569. The van der Waals surface area contributed by atoms with E-state index in [4.69, 9.17) is 9.57 Å². The fourth-order valence-corrected chi connectivity index (χ4v) is 1.56. The zero-order valence-electron chi connectivity index (χ0n) is 11.0. The number of carbonyl (C=O) groups excluding carboxylic acids is 1. The molecular weight excluding hydrogens is 230 g/mol. The Labute approximate surface area is 108 Å². The van der Waals surface area contributed by atoms with Crippen molar-refractivity contribution in [2.45, 2.75) is 39.3 Å². The number of benzene rings is 1. The largest absolute Gasteiger partial charge is 0.465 e. The van der Waals surface area contributed by atoms with Crippen LogP contribution in [0.3, 0.4) is 0 Å². The van der Waals surface area contributed by atoms with E-state index in [0.717, 1.165) is 12.0 Å². The van der Waals surface area contributed by atoms with Crippen LogP contribution >= 0.6 is 0 Å². The van der Waals surface area contributed by atoms with Crippen molar-refractivity contribution in [3.63, 3.8) is 0 Å². The average Bonchev–Trinajstić information content (AvgIpc) is 2.39. The average molecular weight is 251 g/mol. The molecule has 0 aliphatic heterocycles. The fraction of sp³-hybridized carbons (Fsp3) is 0.500. The lowest BCUT2D eigenvalue weighted by Gasteiger charge is -2.16. The van der Waals surface area contributed by atoms with E-state index in [1.54, 1.807) is 6.92 Å². The highest BCUT2D eigenvalue weighted by Crippen LogP contribution is 2.03. The van der Waals surface area contributed by atoms with Crippen LogP contribution in [0, 0.1) is 0 Å². The van der Waals surface area contributed by atoms with Crippen molar-refractivity contribution in [2.75, 3.05) is 6.61 Å². The number of esters is 1. The smallest absolute Gasteiger partial charge is 0.325 e. The summed E-state index contributed by atoms with van der Waals surface area (Å²) in [5, 5.41) is 0. The monoisotopic (exact) mass is 251 g/mol. The minimum Gasteiger partial charge on any atom is -0.465 e. The van der Waals surface area contributed by atoms with Gasteiger partial charge in [-0.3, -0.25) is 9.63 Å². The van der Waals surface area contributed by atoms with E-state index in [1.165, 1.54) is 0 Å². The van der Waals surface area contributed by atoms with E-state index in [1.807, 2.05) is 37.3 Å². The predicted octanol–water partition coefficient (Wildman–Crippen LogP) is 2.44. The minimum absolute atomic E-state index is 0.257. The van der Waals surface area contributed by atoms with Crippen LogP contribution in [0.5, 0.6) is 0 Å². The molecule has 4 heteroatoms. The number of ether oxygens (including phenoxy) is 1. The molecule has 18 heavy (non-hydrogen) atoms. The summed E-state index contributed by atoms with van der Waals surface area (Å²) >= 11 is 0. The second-order valence-corrected chi connectivity index (χ2v) is 3.99. The number of hydrogen-bond donors (Lipinski definition) is 1. The SMILES string of the molecule is CCC[C@H](NOCc1ccccc1)C(=O)OCC. The van der Waals surface area contributed by atoms with Gasteiger partial charge in [-0.1, -0.05) is 43.7 Å². The van der Waals surface area contributed by atoms with Crippen LogP contribution in [-0.2, 0) is 21.0 Å². The molecule has 4 nitrogen and oxygen atoms in total. The highest BCUT2D eigenvalue weighted by molar-refractivity contribution is 5.75. The summed E-state index contributed by atoms with van der Waals surface area (Å²) in [5.41, 5.74) is 3.84. The standard InChI is InChI=1S/C14H21NO3/c1-3-8-13(14(16)17-4-2)15-18-11-12-9-6-5-7-10-12/h5-7,9-10,13,15H,3-4,8,11H2,1-2H3/t13-/m0/s1. The molecule has 0 radical (unpaired) electrons. The zero-order chi connectivity index (χ0) is 13.2. The lowest BCUT2D eigenvalue weighted by molar-refractivity contribution is -0.151. The number of hydroxylamine groups is 1. The lowest BCUT2D eigenvalue weighted by atomic mass is 10.2. The van der Waals surface area contributed by atoms with Gasteiger partial charge in [-0.15, -0.1) is 0 Å². The van der Waals surface area contributed by atoms with Crippen molar-refractivity contribution >= 4 is 5.97 Å². The molecule has 0 aromatic heterocycles. The Morgan fingerprint density at radius 1 is 1.28 bits per heavy atom. The Morgan fingerprint density at radius 2 is 2.00 bits per heavy atom. The summed E-state index contributed by atoms with van der Waals surface area (Å²) in [7, 11) is 0. The molecule has 0 spiro atoms. The molecule has 0 bridgehead atoms. The molecule has 0 amide bonds. The first-order chi connectivity index (χ1) is 8.77. The van der Waals surface area contributed by atoms with Crippen molar-refractivity contribution in [1.82, 2.24) is 5.48 Å². The first kappa shape index (κ1) is 14.7. The van der Waals surface area contributed by atoms with Gasteiger partial charge in [0.25, 0.3) is 0 Å². The molecular formula is C14H21NO3. The first-order valence-corrected chi connectivity index (χ1v) is 6.35. The Balaban J connectivity index is 2.35. The van der Waals surface area contributed by atoms with Crippen LogP contribution in [0.1, 0.15) is 32.3 Å². The molecule has 0 heterocycles. The van der Waals surface area contributed by atoms with Gasteiger partial charge < -0.3 is 4.74 Å². The van der Waals surface area contributed by atoms with Crippen molar-refractivity contribution < 1.29 is 14.4 Å². The molecule has 0 aliphatic carbocycles. The molecule has 100 valence electrons. The number of nitrogens with one attached hydrogen (secondary N) is 1. The van der Waals surface area contributed by atoms with E-state index in [-0.39, 0.29) is 5.97 Å². The van der Waals surface area contributed by atoms with Gasteiger partial charge in [0.05, 0.1) is 13.2 Å². The van der Waals surface area contributed by atoms with Gasteiger partial charge in [-0.2, -0.15) is 5.48 Å². The van der Waals surface area contributed by atoms with Gasteiger partial charge in [0.1, 0.15) is 6.04 Å². The van der Waals surface area contributed by atoms with Gasteiger partial charge in [0.2, 0.25) is 0 Å². The van der Waals surface area contributed by atoms with E-state index >= 15 is 0 Å². The van der Waals surface area contributed by atoms with E-state index in [2.05, 4.69) is 5.48 Å². The Morgan fingerprint density at radius 3 is 2.61 bits per heavy atom. The third-order valence-electron chi connectivity index (χ3n) is 2.46. The second kappa shape index (κ2) is 8.66. The van der Waals surface area contributed by atoms with Gasteiger partial charge >= 0.3 is 5.97 Å². The Hall–Kier alpha value is -1.39. The summed E-state index contributed by atoms with van der Waals surface area (Å²) in [6.45, 7) is 4.64. The topological polar surface area (TPSA) is 47.6 Å². The van der Waals surface area contributed by atoms with Crippen molar-refractivity contribution in [2.24, 2.45) is 0 Å². The third-order valence-corrected chi connectivity index (χ3v) is 2.46. The van der Waals surface area contributed by atoms with Crippen molar-refractivity contribution in [3.05, 3.63) is 35.9 Å². The van der Waals surface area contributed by atoms with Crippen LogP contribution in [-0.4, -0.2) is 18.6 Å². The highest BCUT2D eigenvalue weighted by Gasteiger charge is 2.18. The Bertz CT molecular complexity index is 340. The van der Waals surface area contributed by atoms with E-state index < -0.39 is 6.04 Å². The molecule has 1 aromatic carbocycles. The van der Waals surface area contributed by atoms with E-state index in [9.17, 15) is 4.79 Å². The van der Waals surface area contributed by atoms with Crippen LogP contribution in [0.25, 0.3) is 0 Å². The van der Waals surface area contributed by atoms with Crippen LogP contribution in [0.4, 0.5) is 0 Å². The molecule has 1 aromatic rings. The number of carbonyl (C=O) groups is 1. The van der Waals surface area contributed by atoms with Crippen LogP contribution in [0.15, 0.2) is 30.3 Å². The maximum absolute atomic E-state index is 11.6. The molecule has 1 N–H and O–H groups in total. The molecule has 0 saturated heterocycles. The number of rotatable bonds is 8. The Kier molecular flexibility index (Phi) is 7.06. The second-order valence-electron chi connectivity index (χ2n) is 3.99. The maximum Gasteiger partial charge on any atom is 0.325 e. The van der Waals surface area contributed by atoms with Gasteiger partial charge in [-0.05, 0) is 18.9 Å². The summed E-state index contributed by atoms with van der Waals surface area (Å²) in [4.78, 5) is 17.0. The summed E-state index contributed by atoms with van der Waals surface area (Å²) in [6, 6.07) is 9.41. The lowest BCUT2D eigenvalue weighted by Crippen LogP contribution is -2.37. The van der Waals surface area contributed by atoms with Crippen LogP contribution in [0.2, 0.25) is 0 Å². The molecule has 0 unspecified atom stereocenters. The summed E-state index contributed by atoms with van der Waals surface area (Å²) in [6.07, 6.45) is 1.60. The predicted molar refractivity (Wildman–Crippen MR) is 69.7 cm³/mol. The van der Waals surface area contributed by atoms with Crippen molar-refractivity contribution in [1.29, 1.82) is 0 Å². The third kappa shape index (κ3) is 5.29. The van der Waals surface area contributed by atoms with E-state index in [0.29, 0.717) is 19.6 Å². The maximum atomic E-state index is 11.6. The minimum atomic E-state index is -0.390. The molecule has 0 saturated carbocycles. The van der Waals surface area contributed by atoms with Gasteiger partial charge in [-0.25, -0.2) is 0 Å². The zero-order valence-corrected chi connectivity index (χ0v) is 11.0. The molecule has 0 fully saturated rings. The van der Waals surface area contributed by atoms with Crippen LogP contribution < -0.4 is 5.48 Å². The van der Waals surface area contributed by atoms with Crippen molar-refractivity contribution in [3.8, 4) is 0 Å². The molecule has 1 rings (SSSR count). The highest BCUT2D eigenvalue weighted by atomic mass is 16.6. The summed E-state index contributed by atoms with van der Waals surface area (Å²) < 4.78 is 4.98. The first-order valence-electron chi connectivity index (χ1n) is 6.35. The van der Waals surface area contributed by atoms with Gasteiger partial charge in [0, 0.05) is 0 Å². The summed E-state index contributed by atoms with van der Waals surface area (Å²) in [5.74, 6) is -0.257. The molecule has 0 aliphatic rings.